The molecule has 0 bridgehead atoms. The molecule has 0 amide bonds. The molecule has 0 aliphatic heterocycles. The van der Waals surface area contributed by atoms with Crippen molar-refractivity contribution >= 4 is 30.2 Å². The number of hydrogen-bond acceptors (Lipinski definition) is 1. The molecule has 0 aliphatic rings. The Morgan fingerprint density at radius 2 is 1.44 bits per heavy atom. The van der Waals surface area contributed by atoms with Gasteiger partial charge >= 0.3 is 0 Å². The molecule has 2 radical (unpaired) electrons. The SMILES string of the molecule is C=Cc1ccccc1C=C.C[Si]O[Si](C)(C)C.[Pt]. The average Bonchev–Trinajstić information content (AvgIpc) is 2.28. The molecule has 0 heterocycles. The van der Waals surface area contributed by atoms with Gasteiger partial charge in [0.15, 0.2) is 8.32 Å². The van der Waals surface area contributed by atoms with Crippen molar-refractivity contribution in [2.24, 2.45) is 0 Å². The molecule has 0 N–H and O–H groups in total. The van der Waals surface area contributed by atoms with E-state index in [4.69, 9.17) is 4.12 Å². The van der Waals surface area contributed by atoms with Gasteiger partial charge in [-0.3, -0.25) is 0 Å². The van der Waals surface area contributed by atoms with Crippen molar-refractivity contribution in [2.45, 2.75) is 26.2 Å². The van der Waals surface area contributed by atoms with Gasteiger partial charge in [-0.15, -0.1) is 0 Å². The van der Waals surface area contributed by atoms with Gasteiger partial charge in [-0.25, -0.2) is 0 Å². The predicted molar refractivity (Wildman–Crippen MR) is 82.7 cm³/mol. The van der Waals surface area contributed by atoms with Gasteiger partial charge in [-0.1, -0.05) is 49.6 Å². The summed E-state index contributed by atoms with van der Waals surface area (Å²) in [7, 11) is -0.474. The second kappa shape index (κ2) is 10.7. The second-order valence-electron chi connectivity index (χ2n) is 4.46. The van der Waals surface area contributed by atoms with Gasteiger partial charge in [-0.05, 0) is 37.3 Å². The van der Waals surface area contributed by atoms with Crippen LogP contribution in [-0.4, -0.2) is 18.1 Å². The molecule has 18 heavy (non-hydrogen) atoms. The fourth-order valence-electron chi connectivity index (χ4n) is 1.19. The Bertz CT molecular complexity index is 332. The van der Waals surface area contributed by atoms with Gasteiger partial charge in [0, 0.05) is 21.1 Å². The summed E-state index contributed by atoms with van der Waals surface area (Å²) < 4.78 is 5.40. The Kier molecular flexibility index (Phi) is 11.9. The van der Waals surface area contributed by atoms with Crippen LogP contribution < -0.4 is 0 Å². The summed E-state index contributed by atoms with van der Waals surface area (Å²) in [6.45, 7) is 16.0. The van der Waals surface area contributed by atoms with Crippen molar-refractivity contribution in [3.05, 3.63) is 48.6 Å². The Morgan fingerprint density at radius 1 is 1.06 bits per heavy atom. The largest absolute Gasteiger partial charge is 0.456 e. The van der Waals surface area contributed by atoms with Crippen LogP contribution in [0.5, 0.6) is 0 Å². The number of rotatable bonds is 4. The molecule has 1 nitrogen and oxygen atoms in total. The molecule has 0 spiro atoms. The third kappa shape index (κ3) is 9.78. The summed E-state index contributed by atoms with van der Waals surface area (Å²) in [5.41, 5.74) is 2.27. The van der Waals surface area contributed by atoms with Crippen LogP contribution in [0.25, 0.3) is 12.2 Å². The monoisotopic (exact) mass is 457 g/mol. The minimum absolute atomic E-state index is 0. The van der Waals surface area contributed by atoms with E-state index in [1.807, 2.05) is 36.4 Å². The minimum atomic E-state index is -1.14. The molecule has 1 aromatic rings. The van der Waals surface area contributed by atoms with E-state index in [-0.39, 0.29) is 21.1 Å². The van der Waals surface area contributed by atoms with Gasteiger partial charge in [0.1, 0.15) is 0 Å². The first-order valence-electron chi connectivity index (χ1n) is 5.63. The molecule has 0 aliphatic carbocycles. The first-order chi connectivity index (χ1) is 7.94. The summed E-state index contributed by atoms with van der Waals surface area (Å²) in [5.74, 6) is 0. The minimum Gasteiger partial charge on any atom is -0.456 e. The zero-order chi connectivity index (χ0) is 13.3. The van der Waals surface area contributed by atoms with Gasteiger partial charge in [-0.2, -0.15) is 0 Å². The Balaban J connectivity index is 0. The molecular weight excluding hydrogens is 435 g/mol. The third-order valence-corrected chi connectivity index (χ3v) is 5.11. The average molecular weight is 458 g/mol. The van der Waals surface area contributed by atoms with E-state index in [2.05, 4.69) is 39.3 Å². The molecule has 4 heteroatoms. The van der Waals surface area contributed by atoms with E-state index < -0.39 is 8.32 Å². The maximum absolute atomic E-state index is 5.40. The van der Waals surface area contributed by atoms with Crippen LogP contribution in [0.3, 0.4) is 0 Å². The van der Waals surface area contributed by atoms with Gasteiger partial charge in [0.05, 0.1) is 0 Å². The van der Waals surface area contributed by atoms with Crippen LogP contribution in [0.4, 0.5) is 0 Å². The first-order valence-corrected chi connectivity index (χ1v) is 10.4. The van der Waals surface area contributed by atoms with Crippen LogP contribution in [0, 0.1) is 0 Å². The van der Waals surface area contributed by atoms with Crippen LogP contribution in [0.15, 0.2) is 37.4 Å². The molecule has 0 aromatic heterocycles. The fraction of sp³-hybridized carbons (Fsp3) is 0.286. The smallest absolute Gasteiger partial charge is 0.211 e. The van der Waals surface area contributed by atoms with E-state index in [0.29, 0.717) is 9.76 Å². The standard InChI is InChI=1S/C10H10.C4H12OSi2.Pt/c1-3-9-7-5-6-8-10(9)4-2;1-6-5-7(2,3)4;/h3-8H,1-2H2;1-4H3;. The molecule has 0 saturated carbocycles. The summed E-state index contributed by atoms with van der Waals surface area (Å²) in [4.78, 5) is 0. The van der Waals surface area contributed by atoms with E-state index >= 15 is 0 Å². The van der Waals surface area contributed by atoms with Gasteiger partial charge < -0.3 is 4.12 Å². The molecule has 0 saturated heterocycles. The van der Waals surface area contributed by atoms with Gasteiger partial charge in [0.25, 0.3) is 0 Å². The molecule has 1 rings (SSSR count). The summed E-state index contributed by atoms with van der Waals surface area (Å²) in [6.07, 6.45) is 3.66. The summed E-state index contributed by atoms with van der Waals surface area (Å²) >= 11 is 0. The quantitative estimate of drug-likeness (QED) is 0.606. The molecule has 0 fully saturated rings. The molecule has 0 unspecified atom stereocenters. The van der Waals surface area contributed by atoms with Crippen molar-refractivity contribution in [2.75, 3.05) is 0 Å². The predicted octanol–water partition coefficient (Wildman–Crippen LogP) is 4.48. The third-order valence-electron chi connectivity index (χ3n) is 1.84. The zero-order valence-corrected chi connectivity index (χ0v) is 15.9. The number of benzene rings is 1. The summed E-state index contributed by atoms with van der Waals surface area (Å²) in [5, 5.41) is 0. The topological polar surface area (TPSA) is 9.23 Å². The van der Waals surface area contributed by atoms with E-state index in [9.17, 15) is 0 Å². The number of hydrogen-bond donors (Lipinski definition) is 0. The molecular formula is C14H22OPtSi2. The Morgan fingerprint density at radius 3 is 1.61 bits per heavy atom. The molecule has 102 valence electrons. The van der Waals surface area contributed by atoms with Crippen LogP contribution in [-0.2, 0) is 25.2 Å². The first kappa shape index (κ1) is 20.1. The van der Waals surface area contributed by atoms with Crippen LogP contribution in [0.2, 0.25) is 26.2 Å². The fourth-order valence-corrected chi connectivity index (χ4v) is 3.64. The maximum atomic E-state index is 5.40. The normalized spacial score (nSPS) is 9.56. The van der Waals surface area contributed by atoms with Crippen LogP contribution in [0.1, 0.15) is 11.1 Å². The Hall–Kier alpha value is -0.218. The van der Waals surface area contributed by atoms with Crippen molar-refractivity contribution in [1.29, 1.82) is 0 Å². The van der Waals surface area contributed by atoms with Crippen molar-refractivity contribution in [3.63, 3.8) is 0 Å². The Labute approximate surface area is 130 Å². The van der Waals surface area contributed by atoms with Crippen molar-refractivity contribution in [1.82, 2.24) is 0 Å². The van der Waals surface area contributed by atoms with E-state index in [0.717, 1.165) is 11.1 Å². The summed E-state index contributed by atoms with van der Waals surface area (Å²) in [6, 6.07) is 8.02. The van der Waals surface area contributed by atoms with Gasteiger partial charge in [0.2, 0.25) is 9.76 Å². The van der Waals surface area contributed by atoms with E-state index in [1.54, 1.807) is 0 Å². The van der Waals surface area contributed by atoms with Crippen LogP contribution >= 0.6 is 0 Å². The molecule has 1 aromatic carbocycles. The second-order valence-corrected chi connectivity index (χ2v) is 9.91. The molecule has 0 atom stereocenters. The maximum Gasteiger partial charge on any atom is 0.211 e. The van der Waals surface area contributed by atoms with Crippen molar-refractivity contribution < 1.29 is 25.2 Å². The van der Waals surface area contributed by atoms with E-state index in [1.165, 1.54) is 0 Å². The zero-order valence-electron chi connectivity index (χ0n) is 11.6. The van der Waals surface area contributed by atoms with Crippen molar-refractivity contribution in [3.8, 4) is 0 Å².